The number of nitriles is 1. The van der Waals surface area contributed by atoms with E-state index in [1.807, 2.05) is 32.6 Å². The van der Waals surface area contributed by atoms with Gasteiger partial charge in [0.1, 0.15) is 12.2 Å². The molecule has 8 heteroatoms. The molecule has 2 saturated heterocycles. The minimum Gasteiger partial charge on any atom is -0.470 e. The molecule has 2 aliphatic heterocycles. The van der Waals surface area contributed by atoms with Crippen molar-refractivity contribution in [3.05, 3.63) is 18.1 Å². The van der Waals surface area contributed by atoms with Crippen LogP contribution in [0.4, 0.5) is 0 Å². The molecule has 1 aromatic rings. The van der Waals surface area contributed by atoms with E-state index in [9.17, 15) is 4.79 Å². The fourth-order valence-corrected chi connectivity index (χ4v) is 6.10. The molecule has 3 heterocycles. The van der Waals surface area contributed by atoms with Crippen molar-refractivity contribution in [2.24, 2.45) is 0 Å². The first kappa shape index (κ1) is 18.3. The van der Waals surface area contributed by atoms with Gasteiger partial charge in [0, 0.05) is 42.8 Å². The number of carbonyl (C=O) groups is 1. The summed E-state index contributed by atoms with van der Waals surface area (Å²) in [6.45, 7) is 1.27. The molecule has 0 aliphatic carbocycles. The first-order valence-corrected chi connectivity index (χ1v) is 11.1. The SMILES string of the molecule is N#Cc1nccnc1OC1CCN(C(=O)CCCCC2CCSS2)C1. The van der Waals surface area contributed by atoms with Gasteiger partial charge < -0.3 is 9.64 Å². The lowest BCUT2D eigenvalue weighted by molar-refractivity contribution is -0.130. The molecule has 2 unspecified atom stereocenters. The number of amides is 1. The Labute approximate surface area is 156 Å². The third-order valence-electron chi connectivity index (χ3n) is 4.44. The van der Waals surface area contributed by atoms with E-state index in [2.05, 4.69) is 9.97 Å². The number of rotatable bonds is 7. The van der Waals surface area contributed by atoms with Gasteiger partial charge in [-0.25, -0.2) is 9.97 Å². The van der Waals surface area contributed by atoms with Crippen molar-refractivity contribution in [3.8, 4) is 11.9 Å². The van der Waals surface area contributed by atoms with Crippen LogP contribution in [0.15, 0.2) is 12.4 Å². The number of ether oxygens (including phenoxy) is 1. The number of unbranched alkanes of at least 4 members (excludes halogenated alkanes) is 1. The number of aromatic nitrogens is 2. The Morgan fingerprint density at radius 3 is 3.04 bits per heavy atom. The predicted octanol–water partition coefficient (Wildman–Crippen LogP) is 3.04. The zero-order valence-corrected chi connectivity index (χ0v) is 15.7. The maximum absolute atomic E-state index is 12.3. The number of likely N-dealkylation sites (tertiary alicyclic amines) is 1. The fraction of sp³-hybridized carbons (Fsp3) is 0.647. The Balaban J connectivity index is 1.38. The second-order valence-corrected chi connectivity index (χ2v) is 9.05. The van der Waals surface area contributed by atoms with E-state index < -0.39 is 0 Å². The lowest BCUT2D eigenvalue weighted by Gasteiger charge is -2.17. The summed E-state index contributed by atoms with van der Waals surface area (Å²) >= 11 is 0. The summed E-state index contributed by atoms with van der Waals surface area (Å²) in [5.74, 6) is 1.73. The van der Waals surface area contributed by atoms with Crippen LogP contribution < -0.4 is 4.74 Å². The summed E-state index contributed by atoms with van der Waals surface area (Å²) < 4.78 is 5.78. The summed E-state index contributed by atoms with van der Waals surface area (Å²) in [5, 5.41) is 9.82. The van der Waals surface area contributed by atoms with Gasteiger partial charge in [0.15, 0.2) is 0 Å². The minimum atomic E-state index is -0.111. The smallest absolute Gasteiger partial charge is 0.251 e. The van der Waals surface area contributed by atoms with E-state index in [1.54, 1.807) is 0 Å². The van der Waals surface area contributed by atoms with Gasteiger partial charge in [0.2, 0.25) is 11.6 Å². The Bertz CT molecular complexity index is 631. The van der Waals surface area contributed by atoms with Crippen molar-refractivity contribution < 1.29 is 9.53 Å². The molecule has 0 N–H and O–H groups in total. The molecule has 0 spiro atoms. The van der Waals surface area contributed by atoms with Crippen LogP contribution in [0.2, 0.25) is 0 Å². The first-order chi connectivity index (χ1) is 12.3. The first-order valence-electron chi connectivity index (χ1n) is 8.70. The van der Waals surface area contributed by atoms with Crippen molar-refractivity contribution in [2.75, 3.05) is 18.8 Å². The van der Waals surface area contributed by atoms with Crippen LogP contribution in [0.5, 0.6) is 5.88 Å². The zero-order valence-electron chi connectivity index (χ0n) is 14.1. The molecule has 1 amide bonds. The normalized spacial score (nSPS) is 22.8. The highest BCUT2D eigenvalue weighted by Crippen LogP contribution is 2.39. The largest absolute Gasteiger partial charge is 0.470 e. The van der Waals surface area contributed by atoms with E-state index in [4.69, 9.17) is 10.00 Å². The van der Waals surface area contributed by atoms with Crippen LogP contribution >= 0.6 is 21.6 Å². The molecule has 0 saturated carbocycles. The molecule has 134 valence electrons. The van der Waals surface area contributed by atoms with Crippen molar-refractivity contribution in [2.45, 2.75) is 49.9 Å². The van der Waals surface area contributed by atoms with Gasteiger partial charge in [0.25, 0.3) is 5.88 Å². The fourth-order valence-electron chi connectivity index (χ4n) is 3.07. The van der Waals surface area contributed by atoms with Crippen molar-refractivity contribution >= 4 is 27.5 Å². The molecule has 2 aliphatic rings. The second kappa shape index (κ2) is 9.30. The van der Waals surface area contributed by atoms with E-state index >= 15 is 0 Å². The molecular weight excluding hydrogens is 356 g/mol. The molecule has 0 bridgehead atoms. The van der Waals surface area contributed by atoms with Gasteiger partial charge in [-0.2, -0.15) is 5.26 Å². The summed E-state index contributed by atoms with van der Waals surface area (Å²) in [4.78, 5) is 22.2. The molecule has 25 heavy (non-hydrogen) atoms. The van der Waals surface area contributed by atoms with Crippen molar-refractivity contribution in [3.63, 3.8) is 0 Å². The van der Waals surface area contributed by atoms with Gasteiger partial charge in [-0.15, -0.1) is 0 Å². The third-order valence-corrected chi connectivity index (χ3v) is 7.45. The number of carbonyl (C=O) groups excluding carboxylic acids is 1. The van der Waals surface area contributed by atoms with E-state index in [1.165, 1.54) is 31.0 Å². The van der Waals surface area contributed by atoms with E-state index in [-0.39, 0.29) is 23.6 Å². The van der Waals surface area contributed by atoms with Crippen LogP contribution in [0.1, 0.15) is 44.2 Å². The van der Waals surface area contributed by atoms with Crippen molar-refractivity contribution in [1.82, 2.24) is 14.9 Å². The van der Waals surface area contributed by atoms with E-state index in [0.717, 1.165) is 24.5 Å². The van der Waals surface area contributed by atoms with Crippen molar-refractivity contribution in [1.29, 1.82) is 5.26 Å². The highest BCUT2D eigenvalue weighted by Gasteiger charge is 2.28. The molecule has 2 fully saturated rings. The number of hydrogen-bond donors (Lipinski definition) is 0. The molecule has 0 aromatic carbocycles. The Kier molecular flexibility index (Phi) is 6.82. The predicted molar refractivity (Wildman–Crippen MR) is 99.3 cm³/mol. The lowest BCUT2D eigenvalue weighted by Crippen LogP contribution is -2.30. The average molecular weight is 379 g/mol. The van der Waals surface area contributed by atoms with Crippen LogP contribution in [0.25, 0.3) is 0 Å². The van der Waals surface area contributed by atoms with Gasteiger partial charge in [0.05, 0.1) is 6.54 Å². The minimum absolute atomic E-state index is 0.111. The lowest BCUT2D eigenvalue weighted by atomic mass is 10.1. The standard InChI is InChI=1S/C17H22N4O2S2/c18-11-15-17(20-8-7-19-15)23-13-5-9-21(12-13)16(22)4-2-1-3-14-6-10-24-25-14/h7-8,13-14H,1-6,9-10,12H2. The Morgan fingerprint density at radius 2 is 2.24 bits per heavy atom. The van der Waals surface area contributed by atoms with Crippen LogP contribution in [0, 0.1) is 11.3 Å². The van der Waals surface area contributed by atoms with Gasteiger partial charge in [-0.3, -0.25) is 4.79 Å². The average Bonchev–Trinajstić information content (AvgIpc) is 3.31. The second-order valence-electron chi connectivity index (χ2n) is 6.26. The highest BCUT2D eigenvalue weighted by molar-refractivity contribution is 8.77. The monoisotopic (exact) mass is 378 g/mol. The maximum atomic E-state index is 12.3. The van der Waals surface area contributed by atoms with E-state index in [0.29, 0.717) is 19.5 Å². The molecule has 1 aromatic heterocycles. The third kappa shape index (κ3) is 5.25. The molecular formula is C17H22N4O2S2. The Hall–Kier alpha value is -1.46. The summed E-state index contributed by atoms with van der Waals surface area (Å²) in [5.41, 5.74) is 0.190. The quantitative estimate of drug-likeness (QED) is 0.533. The van der Waals surface area contributed by atoms with Crippen LogP contribution in [0.3, 0.4) is 0 Å². The van der Waals surface area contributed by atoms with Gasteiger partial charge >= 0.3 is 0 Å². The van der Waals surface area contributed by atoms with Gasteiger partial charge in [-0.05, 0) is 19.3 Å². The Morgan fingerprint density at radius 1 is 1.36 bits per heavy atom. The summed E-state index contributed by atoms with van der Waals surface area (Å²) in [6.07, 6.45) is 8.87. The topological polar surface area (TPSA) is 79.1 Å². The highest BCUT2D eigenvalue weighted by atomic mass is 33.1. The molecule has 2 atom stereocenters. The summed E-state index contributed by atoms with van der Waals surface area (Å²) in [6, 6.07) is 1.98. The molecule has 6 nitrogen and oxygen atoms in total. The van der Waals surface area contributed by atoms with Gasteiger partial charge in [-0.1, -0.05) is 28.0 Å². The number of nitrogens with zero attached hydrogens (tertiary/aromatic N) is 4. The van der Waals surface area contributed by atoms with Crippen LogP contribution in [-0.4, -0.2) is 51.0 Å². The summed E-state index contributed by atoms with van der Waals surface area (Å²) in [7, 11) is 3.97. The number of hydrogen-bond acceptors (Lipinski definition) is 7. The molecule has 3 rings (SSSR count). The zero-order chi connectivity index (χ0) is 17.5. The van der Waals surface area contributed by atoms with Crippen LogP contribution in [-0.2, 0) is 4.79 Å². The molecule has 0 radical (unpaired) electrons. The maximum Gasteiger partial charge on any atom is 0.251 e.